The fourth-order valence-electron chi connectivity index (χ4n) is 5.57. The summed E-state index contributed by atoms with van der Waals surface area (Å²) in [5, 5.41) is 7.74. The number of anilines is 2. The Labute approximate surface area is 205 Å². The summed E-state index contributed by atoms with van der Waals surface area (Å²) in [7, 11) is 0. The number of nitrogens with zero attached hydrogens (tertiary/aromatic N) is 2. The molecule has 0 radical (unpaired) electrons. The van der Waals surface area contributed by atoms with Crippen molar-refractivity contribution >= 4 is 43.7 Å². The van der Waals surface area contributed by atoms with Crippen molar-refractivity contribution in [2.24, 2.45) is 0 Å². The largest absolute Gasteiger partial charge is 0.492 e. The third-order valence-electron chi connectivity index (χ3n) is 7.19. The van der Waals surface area contributed by atoms with E-state index in [1.54, 1.807) is 0 Å². The van der Waals surface area contributed by atoms with Crippen LogP contribution in [0.4, 0.5) is 11.4 Å². The van der Waals surface area contributed by atoms with Crippen molar-refractivity contribution in [3.8, 4) is 5.75 Å². The first-order valence-corrected chi connectivity index (χ1v) is 12.3. The summed E-state index contributed by atoms with van der Waals surface area (Å²) in [5.74, 6) is 0.935. The summed E-state index contributed by atoms with van der Waals surface area (Å²) in [4.78, 5) is 4.86. The molecule has 6 aromatic carbocycles. The van der Waals surface area contributed by atoms with E-state index in [1.807, 2.05) is 0 Å². The van der Waals surface area contributed by atoms with Gasteiger partial charge in [0.05, 0.1) is 24.6 Å². The molecule has 3 nitrogen and oxygen atoms in total. The Bertz CT molecular complexity index is 1580. The molecule has 0 aromatic heterocycles. The number of para-hydroxylation sites is 2. The van der Waals surface area contributed by atoms with Gasteiger partial charge in [0, 0.05) is 6.54 Å². The van der Waals surface area contributed by atoms with Crippen LogP contribution in [-0.4, -0.2) is 19.8 Å². The lowest BCUT2D eigenvalue weighted by Gasteiger charge is -2.22. The highest BCUT2D eigenvalue weighted by molar-refractivity contribution is 6.23. The number of hydrogen-bond acceptors (Lipinski definition) is 3. The van der Waals surface area contributed by atoms with E-state index in [0.29, 0.717) is 6.61 Å². The lowest BCUT2D eigenvalue weighted by Crippen LogP contribution is -2.33. The van der Waals surface area contributed by atoms with Gasteiger partial charge in [-0.1, -0.05) is 84.9 Å². The lowest BCUT2D eigenvalue weighted by atomic mass is 9.94. The Balaban J connectivity index is 1.11. The van der Waals surface area contributed by atoms with Crippen molar-refractivity contribution in [2.75, 3.05) is 29.6 Å². The van der Waals surface area contributed by atoms with Crippen molar-refractivity contribution in [3.63, 3.8) is 0 Å². The van der Waals surface area contributed by atoms with Crippen LogP contribution in [0.2, 0.25) is 0 Å². The molecule has 0 spiro atoms. The van der Waals surface area contributed by atoms with Gasteiger partial charge in [-0.3, -0.25) is 0 Å². The van der Waals surface area contributed by atoms with Crippen molar-refractivity contribution in [3.05, 3.63) is 115 Å². The molecule has 0 saturated heterocycles. The summed E-state index contributed by atoms with van der Waals surface area (Å²) in [6, 6.07) is 39.1. The van der Waals surface area contributed by atoms with E-state index >= 15 is 0 Å². The molecule has 0 saturated carbocycles. The quantitative estimate of drug-likeness (QED) is 0.243. The molecule has 3 heteroatoms. The van der Waals surface area contributed by atoms with Crippen LogP contribution in [0.3, 0.4) is 0 Å². The summed E-state index contributed by atoms with van der Waals surface area (Å²) in [6.07, 6.45) is 0. The van der Waals surface area contributed by atoms with E-state index in [4.69, 9.17) is 4.74 Å². The molecule has 7 rings (SSSR count). The van der Waals surface area contributed by atoms with Crippen LogP contribution in [0.15, 0.2) is 109 Å². The predicted molar refractivity (Wildman–Crippen MR) is 147 cm³/mol. The highest BCUT2D eigenvalue weighted by atomic mass is 16.5. The molecule has 35 heavy (non-hydrogen) atoms. The van der Waals surface area contributed by atoms with Gasteiger partial charge >= 0.3 is 0 Å². The van der Waals surface area contributed by atoms with Gasteiger partial charge in [-0.15, -0.1) is 0 Å². The first-order valence-electron chi connectivity index (χ1n) is 12.3. The Morgan fingerprint density at radius 3 is 1.89 bits per heavy atom. The van der Waals surface area contributed by atoms with E-state index < -0.39 is 0 Å². The molecule has 0 bridgehead atoms. The number of benzene rings is 6. The van der Waals surface area contributed by atoms with Crippen LogP contribution < -0.4 is 14.5 Å². The highest BCUT2D eigenvalue weighted by Gasteiger charge is 2.25. The highest BCUT2D eigenvalue weighted by Crippen LogP contribution is 2.38. The predicted octanol–water partition coefficient (Wildman–Crippen LogP) is 7.45. The third-order valence-corrected chi connectivity index (χ3v) is 7.19. The number of rotatable bonds is 6. The minimum absolute atomic E-state index is 0.640. The molecule has 0 aliphatic carbocycles. The summed E-state index contributed by atoms with van der Waals surface area (Å²) >= 11 is 0. The zero-order valence-electron chi connectivity index (χ0n) is 19.5. The van der Waals surface area contributed by atoms with E-state index in [1.165, 1.54) is 49.3 Å². The van der Waals surface area contributed by atoms with Gasteiger partial charge in [-0.2, -0.15) is 0 Å². The molecule has 1 aliphatic heterocycles. The third kappa shape index (κ3) is 3.52. The maximum atomic E-state index is 6.33. The molecular formula is C32H26N2O. The zero-order chi connectivity index (χ0) is 23.2. The number of fused-ring (bicyclic) bond motifs is 1. The second-order valence-electron chi connectivity index (χ2n) is 9.38. The smallest absolute Gasteiger partial charge is 0.120 e. The molecule has 0 amide bonds. The Morgan fingerprint density at radius 2 is 1.17 bits per heavy atom. The first kappa shape index (κ1) is 20.2. The van der Waals surface area contributed by atoms with Crippen LogP contribution in [0.1, 0.15) is 5.56 Å². The summed E-state index contributed by atoms with van der Waals surface area (Å²) in [6.45, 7) is 3.26. The maximum absolute atomic E-state index is 6.33. The van der Waals surface area contributed by atoms with Gasteiger partial charge in [-0.05, 0) is 62.1 Å². The van der Waals surface area contributed by atoms with Crippen LogP contribution in [-0.2, 0) is 6.54 Å². The monoisotopic (exact) mass is 454 g/mol. The van der Waals surface area contributed by atoms with E-state index in [2.05, 4.69) is 119 Å². The Morgan fingerprint density at radius 1 is 0.571 bits per heavy atom. The molecule has 0 fully saturated rings. The van der Waals surface area contributed by atoms with Crippen LogP contribution in [0.25, 0.3) is 32.3 Å². The fraction of sp³-hybridized carbons (Fsp3) is 0.125. The van der Waals surface area contributed by atoms with Gasteiger partial charge in [0.2, 0.25) is 0 Å². The Hall–Kier alpha value is -4.24. The minimum atomic E-state index is 0.640. The lowest BCUT2D eigenvalue weighted by molar-refractivity contribution is 0.325. The minimum Gasteiger partial charge on any atom is -0.492 e. The second-order valence-corrected chi connectivity index (χ2v) is 9.38. The fourth-order valence-corrected chi connectivity index (χ4v) is 5.57. The first-order chi connectivity index (χ1) is 17.3. The molecular weight excluding hydrogens is 428 g/mol. The molecule has 1 heterocycles. The Kier molecular flexibility index (Phi) is 4.73. The van der Waals surface area contributed by atoms with Gasteiger partial charge in [0.15, 0.2) is 0 Å². The van der Waals surface area contributed by atoms with Gasteiger partial charge in [0.25, 0.3) is 0 Å². The van der Waals surface area contributed by atoms with E-state index in [9.17, 15) is 0 Å². The maximum Gasteiger partial charge on any atom is 0.120 e. The molecule has 0 unspecified atom stereocenters. The zero-order valence-corrected chi connectivity index (χ0v) is 19.5. The average Bonchev–Trinajstić information content (AvgIpc) is 3.25. The van der Waals surface area contributed by atoms with E-state index in [-0.39, 0.29) is 0 Å². The molecule has 6 aromatic rings. The van der Waals surface area contributed by atoms with Crippen molar-refractivity contribution in [1.82, 2.24) is 0 Å². The van der Waals surface area contributed by atoms with Crippen molar-refractivity contribution < 1.29 is 4.74 Å². The molecule has 1 aliphatic rings. The number of hydrogen-bond donors (Lipinski definition) is 0. The van der Waals surface area contributed by atoms with E-state index in [0.717, 1.165) is 25.5 Å². The van der Waals surface area contributed by atoms with Gasteiger partial charge < -0.3 is 14.5 Å². The SMILES string of the molecule is c1ccc(CN2CN(CCOc3cc4ccc5cccc6ccc(c3)c4c56)c3ccccc32)cc1. The second kappa shape index (κ2) is 8.21. The van der Waals surface area contributed by atoms with Gasteiger partial charge in [0.1, 0.15) is 12.4 Å². The average molecular weight is 455 g/mol. The van der Waals surface area contributed by atoms with Crippen LogP contribution in [0.5, 0.6) is 5.75 Å². The number of ether oxygens (including phenoxy) is 1. The topological polar surface area (TPSA) is 15.7 Å². The molecule has 170 valence electrons. The normalized spacial score (nSPS) is 13.3. The standard InChI is InChI=1S/C32H26N2O/c1-2-7-23(8-3-1)21-34-22-33(29-11-4-5-12-30(29)34)17-18-35-28-19-26-15-13-24-9-6-10-25-14-16-27(20-28)32(26)31(24)25/h1-16,19-20H,17-18,21-22H2. The van der Waals surface area contributed by atoms with Crippen LogP contribution >= 0.6 is 0 Å². The van der Waals surface area contributed by atoms with Gasteiger partial charge in [-0.25, -0.2) is 0 Å². The summed E-state index contributed by atoms with van der Waals surface area (Å²) < 4.78 is 6.33. The molecule has 0 atom stereocenters. The van der Waals surface area contributed by atoms with Crippen molar-refractivity contribution in [1.29, 1.82) is 0 Å². The van der Waals surface area contributed by atoms with Crippen LogP contribution in [0, 0.1) is 0 Å². The van der Waals surface area contributed by atoms with Crippen molar-refractivity contribution in [2.45, 2.75) is 6.54 Å². The summed E-state index contributed by atoms with van der Waals surface area (Å²) in [5.41, 5.74) is 3.90. The molecule has 0 N–H and O–H groups in total.